The van der Waals surface area contributed by atoms with Gasteiger partial charge in [0, 0.05) is 16.4 Å². The molecule has 0 heterocycles. The molecule has 1 rings (SSSR count). The van der Waals surface area contributed by atoms with Crippen LogP contribution in [-0.4, -0.2) is 6.29 Å². The molecule has 1 nitrogen and oxygen atoms in total. The van der Waals surface area contributed by atoms with E-state index in [2.05, 4.69) is 12.6 Å². The van der Waals surface area contributed by atoms with E-state index in [1.165, 1.54) is 18.2 Å². The topological polar surface area (TPSA) is 17.1 Å². The van der Waals surface area contributed by atoms with Crippen molar-refractivity contribution in [3.05, 3.63) is 29.3 Å². The molecule has 0 aliphatic heterocycles. The van der Waals surface area contributed by atoms with Crippen LogP contribution in [0.15, 0.2) is 23.1 Å². The van der Waals surface area contributed by atoms with Crippen molar-refractivity contribution in [2.24, 2.45) is 0 Å². The van der Waals surface area contributed by atoms with Gasteiger partial charge < -0.3 is 4.79 Å². The summed E-state index contributed by atoms with van der Waals surface area (Å²) in [5.41, 5.74) is 0.601. The van der Waals surface area contributed by atoms with Gasteiger partial charge in [0.2, 0.25) is 0 Å². The molecule has 0 radical (unpaired) electrons. The number of alkyl halides is 2. The summed E-state index contributed by atoms with van der Waals surface area (Å²) >= 11 is 4.06. The summed E-state index contributed by atoms with van der Waals surface area (Å²) in [4.78, 5) is 10.9. The molecule has 0 bridgehead atoms. The largest absolute Gasteiger partial charge is 0.303 e. The Morgan fingerprint density at radius 2 is 2.07 bits per heavy atom. The number of hydrogen-bond acceptors (Lipinski definition) is 2. The number of benzene rings is 1. The zero-order chi connectivity index (χ0) is 10.7. The lowest BCUT2D eigenvalue weighted by Gasteiger charge is -2.09. The highest BCUT2D eigenvalue weighted by atomic mass is 32.1. The molecule has 0 aliphatic rings. The van der Waals surface area contributed by atoms with E-state index in [1.807, 2.05) is 0 Å². The minimum absolute atomic E-state index is 0.0724. The molecule has 0 saturated carbocycles. The standard InChI is InChI=1S/C10H10F2OS/c1-6(5-13)8-3-2-7(10(11)12)4-9(8)14/h2-6,10,14H,1H3. The van der Waals surface area contributed by atoms with Gasteiger partial charge in [0.25, 0.3) is 6.43 Å². The number of aldehydes is 1. The highest BCUT2D eigenvalue weighted by molar-refractivity contribution is 7.80. The van der Waals surface area contributed by atoms with Gasteiger partial charge in [-0.2, -0.15) is 0 Å². The van der Waals surface area contributed by atoms with E-state index >= 15 is 0 Å². The van der Waals surface area contributed by atoms with Crippen molar-refractivity contribution in [1.82, 2.24) is 0 Å². The van der Waals surface area contributed by atoms with E-state index in [0.29, 0.717) is 10.5 Å². The molecule has 4 heteroatoms. The van der Waals surface area contributed by atoms with Crippen molar-refractivity contribution in [2.45, 2.75) is 24.2 Å². The molecule has 1 aromatic carbocycles. The minimum atomic E-state index is -2.50. The number of hydrogen-bond donors (Lipinski definition) is 1. The van der Waals surface area contributed by atoms with Gasteiger partial charge in [-0.05, 0) is 11.6 Å². The number of thiol groups is 1. The summed E-state index contributed by atoms with van der Waals surface area (Å²) in [5, 5.41) is 0. The molecule has 1 aromatic rings. The Hall–Kier alpha value is -0.900. The lowest BCUT2D eigenvalue weighted by atomic mass is 10.0. The third kappa shape index (κ3) is 2.32. The molecule has 14 heavy (non-hydrogen) atoms. The Bertz CT molecular complexity index is 339. The zero-order valence-electron chi connectivity index (χ0n) is 7.58. The molecule has 1 atom stereocenters. The van der Waals surface area contributed by atoms with Crippen LogP contribution in [0.5, 0.6) is 0 Å². The van der Waals surface area contributed by atoms with Crippen LogP contribution < -0.4 is 0 Å². The van der Waals surface area contributed by atoms with Crippen LogP contribution in [0.4, 0.5) is 8.78 Å². The van der Waals surface area contributed by atoms with E-state index in [-0.39, 0.29) is 11.5 Å². The van der Waals surface area contributed by atoms with Crippen molar-refractivity contribution in [3.8, 4) is 0 Å². The first-order valence-electron chi connectivity index (χ1n) is 4.12. The number of halogens is 2. The van der Waals surface area contributed by atoms with E-state index in [4.69, 9.17) is 0 Å². The summed E-state index contributed by atoms with van der Waals surface area (Å²) in [7, 11) is 0. The van der Waals surface area contributed by atoms with Gasteiger partial charge in [0.05, 0.1) is 0 Å². The van der Waals surface area contributed by atoms with Gasteiger partial charge >= 0.3 is 0 Å². The predicted octanol–water partition coefficient (Wildman–Crippen LogP) is 3.22. The molecule has 0 fully saturated rings. The monoisotopic (exact) mass is 216 g/mol. The van der Waals surface area contributed by atoms with Gasteiger partial charge in [-0.25, -0.2) is 8.78 Å². The maximum atomic E-state index is 12.3. The maximum absolute atomic E-state index is 12.3. The highest BCUT2D eigenvalue weighted by Crippen LogP contribution is 2.27. The second-order valence-corrected chi connectivity index (χ2v) is 3.53. The number of rotatable bonds is 3. The second-order valence-electron chi connectivity index (χ2n) is 3.04. The van der Waals surface area contributed by atoms with Gasteiger partial charge in [-0.3, -0.25) is 0 Å². The fraction of sp³-hybridized carbons (Fsp3) is 0.300. The third-order valence-corrected chi connectivity index (χ3v) is 2.39. The van der Waals surface area contributed by atoms with Crippen LogP contribution in [0, 0.1) is 0 Å². The van der Waals surface area contributed by atoms with Crippen LogP contribution in [0.25, 0.3) is 0 Å². The summed E-state index contributed by atoms with van der Waals surface area (Å²) in [6.07, 6.45) is -1.74. The van der Waals surface area contributed by atoms with Gasteiger partial charge in [0.15, 0.2) is 0 Å². The fourth-order valence-corrected chi connectivity index (χ4v) is 1.58. The maximum Gasteiger partial charge on any atom is 0.263 e. The Morgan fingerprint density at radius 3 is 2.50 bits per heavy atom. The lowest BCUT2D eigenvalue weighted by Crippen LogP contribution is -1.97. The third-order valence-electron chi connectivity index (χ3n) is 2.00. The van der Waals surface area contributed by atoms with Crippen molar-refractivity contribution >= 4 is 18.9 Å². The van der Waals surface area contributed by atoms with E-state index in [0.717, 1.165) is 6.29 Å². The van der Waals surface area contributed by atoms with Gasteiger partial charge in [-0.1, -0.05) is 19.1 Å². The van der Waals surface area contributed by atoms with Crippen molar-refractivity contribution < 1.29 is 13.6 Å². The average Bonchev–Trinajstić information content (AvgIpc) is 2.16. The SMILES string of the molecule is CC(C=O)c1ccc(C(F)F)cc1S. The molecule has 76 valence electrons. The number of carbonyl (C=O) groups excluding carboxylic acids is 1. The van der Waals surface area contributed by atoms with Crippen LogP contribution in [0.1, 0.15) is 30.4 Å². The lowest BCUT2D eigenvalue weighted by molar-refractivity contribution is -0.108. The van der Waals surface area contributed by atoms with Crippen molar-refractivity contribution in [2.75, 3.05) is 0 Å². The fourth-order valence-electron chi connectivity index (χ4n) is 1.15. The average molecular weight is 216 g/mol. The van der Waals surface area contributed by atoms with Crippen LogP contribution in [0.2, 0.25) is 0 Å². The van der Waals surface area contributed by atoms with Crippen LogP contribution in [-0.2, 0) is 4.79 Å². The zero-order valence-corrected chi connectivity index (χ0v) is 8.47. The smallest absolute Gasteiger partial charge is 0.263 e. The first kappa shape index (κ1) is 11.2. The molecule has 0 saturated heterocycles. The molecule has 0 aromatic heterocycles. The van der Waals surface area contributed by atoms with Gasteiger partial charge in [0.1, 0.15) is 6.29 Å². The molecular formula is C10H10F2OS. The van der Waals surface area contributed by atoms with Crippen LogP contribution in [0.3, 0.4) is 0 Å². The summed E-state index contributed by atoms with van der Waals surface area (Å²) in [6, 6.07) is 4.13. The Morgan fingerprint density at radius 1 is 1.43 bits per heavy atom. The second kappa shape index (κ2) is 4.55. The van der Waals surface area contributed by atoms with Crippen molar-refractivity contribution in [3.63, 3.8) is 0 Å². The first-order valence-corrected chi connectivity index (χ1v) is 4.57. The van der Waals surface area contributed by atoms with E-state index in [1.54, 1.807) is 6.92 Å². The summed E-state index contributed by atoms with van der Waals surface area (Å²) < 4.78 is 24.5. The van der Waals surface area contributed by atoms with Crippen LogP contribution >= 0.6 is 12.6 Å². The molecule has 0 amide bonds. The first-order chi connectivity index (χ1) is 6.56. The van der Waals surface area contributed by atoms with E-state index < -0.39 is 6.43 Å². The Labute approximate surface area is 86.5 Å². The summed E-state index contributed by atoms with van der Waals surface area (Å²) in [6.45, 7) is 1.70. The Balaban J connectivity index is 3.07. The quantitative estimate of drug-likeness (QED) is 0.606. The Kier molecular flexibility index (Phi) is 3.63. The number of carbonyl (C=O) groups is 1. The molecular weight excluding hydrogens is 206 g/mol. The summed E-state index contributed by atoms with van der Waals surface area (Å²) in [5.74, 6) is -0.311. The molecule has 0 N–H and O–H groups in total. The highest BCUT2D eigenvalue weighted by Gasteiger charge is 2.12. The minimum Gasteiger partial charge on any atom is -0.303 e. The van der Waals surface area contributed by atoms with E-state index in [9.17, 15) is 13.6 Å². The predicted molar refractivity (Wildman–Crippen MR) is 53.1 cm³/mol. The molecule has 0 aliphatic carbocycles. The van der Waals surface area contributed by atoms with Gasteiger partial charge in [-0.15, -0.1) is 12.6 Å². The normalized spacial score (nSPS) is 12.9. The molecule has 0 spiro atoms. The van der Waals surface area contributed by atoms with Crippen molar-refractivity contribution in [1.29, 1.82) is 0 Å². The molecule has 1 unspecified atom stereocenters.